The van der Waals surface area contributed by atoms with Crippen LogP contribution in [0.1, 0.15) is 75.8 Å². The number of aromatic hydroxyl groups is 1. The van der Waals surface area contributed by atoms with Crippen LogP contribution in [0.4, 0.5) is 0 Å². The molecule has 0 radical (unpaired) electrons. The van der Waals surface area contributed by atoms with Gasteiger partial charge in [-0.05, 0) is 90.9 Å². The van der Waals surface area contributed by atoms with Crippen molar-refractivity contribution in [3.05, 3.63) is 29.3 Å². The number of hydrogen-bond donors (Lipinski definition) is 2. The molecule has 3 aliphatic carbocycles. The molecule has 2 fully saturated rings. The summed E-state index contributed by atoms with van der Waals surface area (Å²) >= 11 is 0. The molecule has 142 valence electrons. The Hall–Kier alpha value is -1.35. The van der Waals surface area contributed by atoms with Gasteiger partial charge in [-0.2, -0.15) is 0 Å². The Labute approximate surface area is 156 Å². The van der Waals surface area contributed by atoms with E-state index in [1.54, 1.807) is 0 Å². The molecule has 26 heavy (non-hydrogen) atoms. The zero-order valence-corrected chi connectivity index (χ0v) is 16.1. The Morgan fingerprint density at radius 3 is 2.85 bits per heavy atom. The number of fused-ring (bicyclic) bond motifs is 5. The summed E-state index contributed by atoms with van der Waals surface area (Å²) in [6, 6.07) is 5.84. The van der Waals surface area contributed by atoms with E-state index in [1.165, 1.54) is 11.1 Å². The molecular formula is C23H32O3. The second kappa shape index (κ2) is 6.67. The Kier molecular flexibility index (Phi) is 4.63. The summed E-state index contributed by atoms with van der Waals surface area (Å²) in [5.41, 5.74) is 2.59. The van der Waals surface area contributed by atoms with E-state index in [0.29, 0.717) is 48.0 Å². The number of rotatable bonds is 4. The molecule has 2 saturated carbocycles. The molecule has 0 amide bonds. The van der Waals surface area contributed by atoms with E-state index >= 15 is 0 Å². The monoisotopic (exact) mass is 356 g/mol. The van der Waals surface area contributed by atoms with E-state index in [2.05, 4.69) is 19.9 Å². The molecule has 0 aromatic heterocycles. The van der Waals surface area contributed by atoms with Crippen LogP contribution >= 0.6 is 0 Å². The SMILES string of the molecule is CCCC(=O)C[C@H]1C[C@]2(C)[C@@H](O)CC[C@H]2[C@@H]2CCc3cc(O)ccc3[C@@H]12. The van der Waals surface area contributed by atoms with Crippen LogP contribution in [0.25, 0.3) is 0 Å². The number of ketones is 1. The van der Waals surface area contributed by atoms with Gasteiger partial charge in [-0.3, -0.25) is 4.79 Å². The van der Waals surface area contributed by atoms with Crippen LogP contribution in [-0.4, -0.2) is 22.1 Å². The lowest BCUT2D eigenvalue weighted by Gasteiger charge is -2.53. The number of phenolic OH excluding ortho intramolecular Hbond substituents is 1. The molecule has 0 saturated heterocycles. The van der Waals surface area contributed by atoms with Gasteiger partial charge in [0.2, 0.25) is 0 Å². The van der Waals surface area contributed by atoms with Crippen molar-refractivity contribution >= 4 is 5.78 Å². The van der Waals surface area contributed by atoms with Crippen molar-refractivity contribution in [3.63, 3.8) is 0 Å². The summed E-state index contributed by atoms with van der Waals surface area (Å²) < 4.78 is 0. The van der Waals surface area contributed by atoms with Crippen molar-refractivity contribution in [1.82, 2.24) is 0 Å². The summed E-state index contributed by atoms with van der Waals surface area (Å²) in [7, 11) is 0. The van der Waals surface area contributed by atoms with E-state index in [-0.39, 0.29) is 11.5 Å². The molecule has 3 nitrogen and oxygen atoms in total. The number of hydrogen-bond acceptors (Lipinski definition) is 3. The maximum atomic E-state index is 12.5. The van der Waals surface area contributed by atoms with Crippen LogP contribution in [0.5, 0.6) is 5.75 Å². The lowest BCUT2D eigenvalue weighted by molar-refractivity contribution is -0.122. The van der Waals surface area contributed by atoms with E-state index in [0.717, 1.165) is 38.5 Å². The third-order valence-electron chi connectivity index (χ3n) is 7.80. The number of carbonyl (C=O) groups is 1. The fourth-order valence-electron chi connectivity index (χ4n) is 6.72. The maximum Gasteiger partial charge on any atom is 0.133 e. The van der Waals surface area contributed by atoms with Crippen LogP contribution in [0, 0.1) is 23.2 Å². The van der Waals surface area contributed by atoms with Gasteiger partial charge < -0.3 is 10.2 Å². The zero-order chi connectivity index (χ0) is 18.5. The zero-order valence-electron chi connectivity index (χ0n) is 16.1. The number of phenols is 1. The molecule has 6 atom stereocenters. The minimum atomic E-state index is -0.224. The lowest BCUT2D eigenvalue weighted by atomic mass is 9.51. The molecular weight excluding hydrogens is 324 g/mol. The second-order valence-electron chi connectivity index (χ2n) is 9.27. The lowest BCUT2D eigenvalue weighted by Crippen LogP contribution is -2.48. The minimum Gasteiger partial charge on any atom is -0.508 e. The average molecular weight is 357 g/mol. The Balaban J connectivity index is 1.73. The first kappa shape index (κ1) is 18.0. The first-order valence-electron chi connectivity index (χ1n) is 10.5. The summed E-state index contributed by atoms with van der Waals surface area (Å²) in [4.78, 5) is 12.5. The molecule has 4 rings (SSSR count). The topological polar surface area (TPSA) is 57.5 Å². The Morgan fingerprint density at radius 2 is 2.08 bits per heavy atom. The van der Waals surface area contributed by atoms with E-state index in [4.69, 9.17) is 0 Å². The Morgan fingerprint density at radius 1 is 1.27 bits per heavy atom. The quantitative estimate of drug-likeness (QED) is 0.829. The number of Topliss-reactive ketones (excluding diaryl/α,β-unsaturated/α-hetero) is 1. The summed E-state index contributed by atoms with van der Waals surface area (Å²) in [6.45, 7) is 4.34. The smallest absolute Gasteiger partial charge is 0.133 e. The van der Waals surface area contributed by atoms with E-state index in [1.807, 2.05) is 12.1 Å². The highest BCUT2D eigenvalue weighted by Gasteiger charge is 2.57. The number of aliphatic hydroxyl groups is 1. The largest absolute Gasteiger partial charge is 0.508 e. The van der Waals surface area contributed by atoms with Crippen molar-refractivity contribution < 1.29 is 15.0 Å². The van der Waals surface area contributed by atoms with E-state index < -0.39 is 0 Å². The fourth-order valence-corrected chi connectivity index (χ4v) is 6.72. The standard InChI is InChI=1S/C23H32O3/c1-3-4-16(24)12-15-13-23(2)20(9-10-21(23)26)19-7-5-14-11-17(25)6-8-18(14)22(15)19/h6,8,11,15,19-22,25-26H,3-5,7,9-10,12-13H2,1-2H3/t15-,19-,20-,21-,22+,23-/m0/s1. The third kappa shape index (κ3) is 2.79. The summed E-state index contributed by atoms with van der Waals surface area (Å²) in [5.74, 6) is 2.55. The molecule has 1 aromatic rings. The van der Waals surface area contributed by atoms with Gasteiger partial charge in [-0.1, -0.05) is 19.9 Å². The van der Waals surface area contributed by atoms with Crippen LogP contribution < -0.4 is 0 Å². The van der Waals surface area contributed by atoms with Gasteiger partial charge in [0, 0.05) is 12.8 Å². The number of benzene rings is 1. The van der Waals surface area contributed by atoms with Crippen molar-refractivity contribution in [2.45, 2.75) is 77.2 Å². The van der Waals surface area contributed by atoms with Gasteiger partial charge in [-0.25, -0.2) is 0 Å². The molecule has 0 spiro atoms. The highest BCUT2D eigenvalue weighted by molar-refractivity contribution is 5.78. The molecule has 0 unspecified atom stereocenters. The Bertz CT molecular complexity index is 697. The minimum absolute atomic E-state index is 0.0350. The van der Waals surface area contributed by atoms with Gasteiger partial charge in [0.1, 0.15) is 11.5 Å². The molecule has 3 aliphatic rings. The molecule has 0 heterocycles. The van der Waals surface area contributed by atoms with Gasteiger partial charge in [-0.15, -0.1) is 0 Å². The fraction of sp³-hybridized carbons (Fsp3) is 0.696. The average Bonchev–Trinajstić information content (AvgIpc) is 2.89. The maximum absolute atomic E-state index is 12.5. The van der Waals surface area contributed by atoms with Crippen LogP contribution in [0.2, 0.25) is 0 Å². The second-order valence-corrected chi connectivity index (χ2v) is 9.27. The number of carbonyl (C=O) groups excluding carboxylic acids is 1. The predicted octanol–water partition coefficient (Wildman–Crippen LogP) is 4.59. The molecule has 0 bridgehead atoms. The van der Waals surface area contributed by atoms with Crippen molar-refractivity contribution in [3.8, 4) is 5.75 Å². The van der Waals surface area contributed by atoms with Crippen molar-refractivity contribution in [1.29, 1.82) is 0 Å². The normalized spacial score (nSPS) is 38.3. The molecule has 0 aliphatic heterocycles. The molecule has 3 heteroatoms. The summed E-state index contributed by atoms with van der Waals surface area (Å²) in [6.07, 6.45) is 7.09. The third-order valence-corrected chi connectivity index (χ3v) is 7.80. The number of aliphatic hydroxyl groups excluding tert-OH is 1. The molecule has 2 N–H and O–H groups in total. The van der Waals surface area contributed by atoms with E-state index in [9.17, 15) is 15.0 Å². The van der Waals surface area contributed by atoms with Gasteiger partial charge in [0.05, 0.1) is 6.10 Å². The van der Waals surface area contributed by atoms with Crippen LogP contribution in [0.15, 0.2) is 18.2 Å². The van der Waals surface area contributed by atoms with Crippen LogP contribution in [0.3, 0.4) is 0 Å². The summed E-state index contributed by atoms with van der Waals surface area (Å²) in [5, 5.41) is 20.6. The first-order chi connectivity index (χ1) is 12.4. The van der Waals surface area contributed by atoms with Crippen molar-refractivity contribution in [2.24, 2.45) is 23.2 Å². The predicted molar refractivity (Wildman–Crippen MR) is 102 cm³/mol. The van der Waals surface area contributed by atoms with Crippen molar-refractivity contribution in [2.75, 3.05) is 0 Å². The highest BCUT2D eigenvalue weighted by Crippen LogP contribution is 2.63. The van der Waals surface area contributed by atoms with Crippen LogP contribution in [-0.2, 0) is 11.2 Å². The van der Waals surface area contributed by atoms with Gasteiger partial charge in [0.25, 0.3) is 0 Å². The highest BCUT2D eigenvalue weighted by atomic mass is 16.3. The first-order valence-corrected chi connectivity index (χ1v) is 10.5. The molecule has 1 aromatic carbocycles. The van der Waals surface area contributed by atoms with Gasteiger partial charge in [0.15, 0.2) is 0 Å². The van der Waals surface area contributed by atoms with Gasteiger partial charge >= 0.3 is 0 Å². The number of aryl methyl sites for hydroxylation is 1.